The highest BCUT2D eigenvalue weighted by Gasteiger charge is 2.21. The number of hydrogen-bond acceptors (Lipinski definition) is 3. The lowest BCUT2D eigenvalue weighted by molar-refractivity contribution is -0.110. The van der Waals surface area contributed by atoms with E-state index in [-0.39, 0.29) is 5.78 Å². The highest BCUT2D eigenvalue weighted by Crippen LogP contribution is 2.13. The maximum Gasteiger partial charge on any atom is 0.192 e. The minimum Gasteiger partial charge on any atom is -0.494 e. The topological polar surface area (TPSA) is 38.7 Å². The monoisotopic (exact) mass is 135 g/mol. The number of nitrogens with zero attached hydrogens (tertiary/aromatic N) is 1. The summed E-state index contributed by atoms with van der Waals surface area (Å²) >= 11 is 0. The molecule has 2 aliphatic rings. The summed E-state index contributed by atoms with van der Waals surface area (Å²) in [5, 5.41) is 0. The minimum atomic E-state index is -0.0116. The van der Waals surface area contributed by atoms with Crippen LogP contribution in [0.3, 0.4) is 0 Å². The van der Waals surface area contributed by atoms with Crippen LogP contribution in [0.1, 0.15) is 0 Å². The lowest BCUT2D eigenvalue weighted by Gasteiger charge is -1.99. The van der Waals surface area contributed by atoms with E-state index in [1.807, 2.05) is 0 Å². The third-order valence-electron chi connectivity index (χ3n) is 1.45. The third-order valence-corrected chi connectivity index (χ3v) is 1.45. The van der Waals surface area contributed by atoms with E-state index in [1.165, 1.54) is 18.5 Å². The van der Waals surface area contributed by atoms with E-state index >= 15 is 0 Å². The second kappa shape index (κ2) is 1.80. The molecule has 50 valence electrons. The molecule has 0 spiro atoms. The maximum atomic E-state index is 11.0. The van der Waals surface area contributed by atoms with E-state index in [2.05, 4.69) is 4.99 Å². The van der Waals surface area contributed by atoms with Crippen molar-refractivity contribution in [2.75, 3.05) is 6.61 Å². The summed E-state index contributed by atoms with van der Waals surface area (Å²) in [4.78, 5) is 14.9. The first-order chi connectivity index (χ1) is 4.88. The van der Waals surface area contributed by atoms with Crippen molar-refractivity contribution in [2.45, 2.75) is 0 Å². The summed E-state index contributed by atoms with van der Waals surface area (Å²) in [6, 6.07) is 0. The molecule has 0 radical (unpaired) electrons. The number of ether oxygens (including phenoxy) is 1. The summed E-state index contributed by atoms with van der Waals surface area (Å²) in [7, 11) is 0. The number of ketones is 1. The Morgan fingerprint density at radius 3 is 3.30 bits per heavy atom. The highest BCUT2D eigenvalue weighted by molar-refractivity contribution is 6.28. The summed E-state index contributed by atoms with van der Waals surface area (Å²) < 4.78 is 4.91. The Hall–Kier alpha value is -1.38. The second-order valence-electron chi connectivity index (χ2n) is 2.10. The first kappa shape index (κ1) is 5.41. The Morgan fingerprint density at radius 2 is 2.50 bits per heavy atom. The molecule has 0 aliphatic carbocycles. The SMILES string of the molecule is O=C1C=CN=C2COC=C12. The number of fused-ring (bicyclic) bond motifs is 1. The zero-order valence-electron chi connectivity index (χ0n) is 5.20. The van der Waals surface area contributed by atoms with Crippen LogP contribution in [0.2, 0.25) is 0 Å². The second-order valence-corrected chi connectivity index (χ2v) is 2.10. The van der Waals surface area contributed by atoms with Gasteiger partial charge in [0.2, 0.25) is 0 Å². The molecule has 10 heavy (non-hydrogen) atoms. The van der Waals surface area contributed by atoms with E-state index in [1.54, 1.807) is 0 Å². The van der Waals surface area contributed by atoms with Gasteiger partial charge in [0.15, 0.2) is 5.78 Å². The maximum absolute atomic E-state index is 11.0. The van der Waals surface area contributed by atoms with Gasteiger partial charge in [-0.25, -0.2) is 0 Å². The smallest absolute Gasteiger partial charge is 0.192 e. The van der Waals surface area contributed by atoms with Gasteiger partial charge >= 0.3 is 0 Å². The number of rotatable bonds is 0. The molecule has 2 heterocycles. The molecule has 0 unspecified atom stereocenters. The van der Waals surface area contributed by atoms with Gasteiger partial charge in [-0.05, 0) is 0 Å². The van der Waals surface area contributed by atoms with E-state index < -0.39 is 0 Å². The predicted octanol–water partition coefficient (Wildman–Crippen LogP) is 0.438. The Bertz CT molecular complexity index is 273. The Labute approximate surface area is 57.7 Å². The van der Waals surface area contributed by atoms with Crippen molar-refractivity contribution in [3.8, 4) is 0 Å². The molecule has 0 aromatic heterocycles. The molecule has 0 aromatic rings. The van der Waals surface area contributed by atoms with Gasteiger partial charge in [-0.15, -0.1) is 0 Å². The van der Waals surface area contributed by atoms with Crippen molar-refractivity contribution in [2.24, 2.45) is 4.99 Å². The first-order valence-electron chi connectivity index (χ1n) is 2.97. The van der Waals surface area contributed by atoms with Crippen molar-refractivity contribution in [1.29, 1.82) is 0 Å². The molecule has 0 fully saturated rings. The minimum absolute atomic E-state index is 0.0116. The average molecular weight is 135 g/mol. The highest BCUT2D eigenvalue weighted by atomic mass is 16.5. The Morgan fingerprint density at radius 1 is 1.60 bits per heavy atom. The van der Waals surface area contributed by atoms with Crippen LogP contribution in [0.15, 0.2) is 29.1 Å². The van der Waals surface area contributed by atoms with Crippen LogP contribution < -0.4 is 0 Å². The van der Waals surface area contributed by atoms with Crippen LogP contribution in [-0.2, 0) is 9.53 Å². The standard InChI is InChI=1S/C7H5NO2/c9-7-1-2-8-6-4-10-3-5(6)7/h1-3H,4H2. The Balaban J connectivity index is 2.48. The molecule has 0 saturated heterocycles. The van der Waals surface area contributed by atoms with Gasteiger partial charge < -0.3 is 4.74 Å². The van der Waals surface area contributed by atoms with Crippen LogP contribution in [0.5, 0.6) is 0 Å². The van der Waals surface area contributed by atoms with Gasteiger partial charge in [-0.2, -0.15) is 0 Å². The molecule has 0 atom stereocenters. The first-order valence-corrected chi connectivity index (χ1v) is 2.97. The lowest BCUT2D eigenvalue weighted by atomic mass is 10.1. The molecule has 3 heteroatoms. The Kier molecular flexibility index (Phi) is 0.974. The fourth-order valence-corrected chi connectivity index (χ4v) is 0.942. The predicted molar refractivity (Wildman–Crippen MR) is 35.6 cm³/mol. The van der Waals surface area contributed by atoms with Crippen molar-refractivity contribution < 1.29 is 9.53 Å². The van der Waals surface area contributed by atoms with Crippen molar-refractivity contribution in [1.82, 2.24) is 0 Å². The van der Waals surface area contributed by atoms with Crippen molar-refractivity contribution in [3.63, 3.8) is 0 Å². The molecule has 0 bridgehead atoms. The molecule has 0 N–H and O–H groups in total. The van der Waals surface area contributed by atoms with Crippen LogP contribution in [0.25, 0.3) is 0 Å². The van der Waals surface area contributed by atoms with Gasteiger partial charge in [0, 0.05) is 12.3 Å². The normalized spacial score (nSPS) is 21.4. The number of aliphatic imine (C=N–C) groups is 1. The van der Waals surface area contributed by atoms with E-state index in [4.69, 9.17) is 4.74 Å². The largest absolute Gasteiger partial charge is 0.494 e. The lowest BCUT2D eigenvalue weighted by Crippen LogP contribution is -2.12. The van der Waals surface area contributed by atoms with E-state index in [0.29, 0.717) is 12.2 Å². The fraction of sp³-hybridized carbons (Fsp3) is 0.143. The number of allylic oxidation sites excluding steroid dienone is 1. The molecular formula is C7H5NO2. The molecule has 2 rings (SSSR count). The van der Waals surface area contributed by atoms with Crippen molar-refractivity contribution in [3.05, 3.63) is 24.1 Å². The van der Waals surface area contributed by atoms with Crippen LogP contribution in [0.4, 0.5) is 0 Å². The average Bonchev–Trinajstić information content (AvgIpc) is 2.36. The van der Waals surface area contributed by atoms with Gasteiger partial charge in [-0.3, -0.25) is 9.79 Å². The van der Waals surface area contributed by atoms with Gasteiger partial charge in [0.05, 0.1) is 17.5 Å². The van der Waals surface area contributed by atoms with E-state index in [9.17, 15) is 4.79 Å². The third kappa shape index (κ3) is 0.603. The van der Waals surface area contributed by atoms with Crippen molar-refractivity contribution >= 4 is 11.5 Å². The van der Waals surface area contributed by atoms with Crippen LogP contribution in [-0.4, -0.2) is 18.1 Å². The zero-order chi connectivity index (χ0) is 6.97. The van der Waals surface area contributed by atoms with Gasteiger partial charge in [-0.1, -0.05) is 0 Å². The van der Waals surface area contributed by atoms with Gasteiger partial charge in [0.1, 0.15) is 6.61 Å². The molecule has 2 aliphatic heterocycles. The molecule has 0 saturated carbocycles. The molecular weight excluding hydrogens is 130 g/mol. The fourth-order valence-electron chi connectivity index (χ4n) is 0.942. The quantitative estimate of drug-likeness (QED) is 0.483. The zero-order valence-corrected chi connectivity index (χ0v) is 5.20. The number of carbonyl (C=O) groups is 1. The summed E-state index contributed by atoms with van der Waals surface area (Å²) in [5.74, 6) is -0.0116. The molecule has 0 amide bonds. The summed E-state index contributed by atoms with van der Waals surface area (Å²) in [6.07, 6.45) is 4.40. The number of carbonyl (C=O) groups excluding carboxylic acids is 1. The van der Waals surface area contributed by atoms with Gasteiger partial charge in [0.25, 0.3) is 0 Å². The van der Waals surface area contributed by atoms with Crippen LogP contribution >= 0.6 is 0 Å². The number of hydrogen-bond donors (Lipinski definition) is 0. The summed E-state index contributed by atoms with van der Waals surface area (Å²) in [5.41, 5.74) is 1.34. The van der Waals surface area contributed by atoms with E-state index in [0.717, 1.165) is 5.71 Å². The van der Waals surface area contributed by atoms with Crippen LogP contribution in [0, 0.1) is 0 Å². The molecule has 3 nitrogen and oxygen atoms in total. The summed E-state index contributed by atoms with van der Waals surface area (Å²) in [6.45, 7) is 0.436. The molecule has 0 aromatic carbocycles.